The van der Waals surface area contributed by atoms with Crippen molar-refractivity contribution in [3.63, 3.8) is 0 Å². The van der Waals surface area contributed by atoms with Crippen LogP contribution in [0.3, 0.4) is 0 Å². The normalized spacial score (nSPS) is 11.6. The summed E-state index contributed by atoms with van der Waals surface area (Å²) in [6.45, 7) is 6.78. The van der Waals surface area contributed by atoms with Crippen LogP contribution < -0.4 is 5.32 Å². The second-order valence-electron chi connectivity index (χ2n) is 5.34. The van der Waals surface area contributed by atoms with E-state index in [1.807, 2.05) is 13.1 Å². The van der Waals surface area contributed by atoms with Crippen LogP contribution in [0, 0.1) is 0 Å². The first-order chi connectivity index (χ1) is 8.84. The van der Waals surface area contributed by atoms with Gasteiger partial charge in [-0.2, -0.15) is 5.10 Å². The Bertz CT molecular complexity index is 572. The van der Waals surface area contributed by atoms with Gasteiger partial charge in [0.2, 0.25) is 0 Å². The molecule has 0 fully saturated rings. The quantitative estimate of drug-likeness (QED) is 0.877. The van der Waals surface area contributed by atoms with Crippen molar-refractivity contribution in [3.8, 4) is 0 Å². The summed E-state index contributed by atoms with van der Waals surface area (Å²) in [5, 5.41) is 7.42. The SMILES string of the molecule is Cn1cnc(CNc2cc(Br)nc(C(C)(C)C)n2)n1. The molecular weight excluding hydrogens is 308 g/mol. The summed E-state index contributed by atoms with van der Waals surface area (Å²) in [7, 11) is 1.84. The Morgan fingerprint density at radius 2 is 2.05 bits per heavy atom. The Balaban J connectivity index is 2.14. The number of anilines is 1. The summed E-state index contributed by atoms with van der Waals surface area (Å²) in [4.78, 5) is 13.1. The van der Waals surface area contributed by atoms with Crippen LogP contribution in [-0.4, -0.2) is 24.7 Å². The molecule has 19 heavy (non-hydrogen) atoms. The van der Waals surface area contributed by atoms with Gasteiger partial charge in [-0.25, -0.2) is 15.0 Å². The van der Waals surface area contributed by atoms with E-state index in [2.05, 4.69) is 62.1 Å². The molecule has 1 N–H and O–H groups in total. The minimum Gasteiger partial charge on any atom is -0.363 e. The standard InChI is InChI=1S/C12H17BrN6/c1-12(2,3)11-16-8(13)5-9(17-11)14-6-10-15-7-19(4)18-10/h5,7H,6H2,1-4H3,(H,14,16,17). The van der Waals surface area contributed by atoms with Gasteiger partial charge in [-0.3, -0.25) is 4.68 Å². The van der Waals surface area contributed by atoms with Gasteiger partial charge in [0, 0.05) is 18.5 Å². The minimum atomic E-state index is -0.0938. The van der Waals surface area contributed by atoms with Crippen molar-refractivity contribution in [2.45, 2.75) is 32.7 Å². The zero-order chi connectivity index (χ0) is 14.0. The molecule has 0 aromatic carbocycles. The fraction of sp³-hybridized carbons (Fsp3) is 0.500. The Morgan fingerprint density at radius 3 is 2.63 bits per heavy atom. The molecular formula is C12H17BrN6. The molecule has 0 aliphatic heterocycles. The molecule has 0 unspecified atom stereocenters. The number of aromatic nitrogens is 5. The summed E-state index contributed by atoms with van der Waals surface area (Å²) in [6, 6.07) is 1.85. The van der Waals surface area contributed by atoms with E-state index in [1.54, 1.807) is 11.0 Å². The van der Waals surface area contributed by atoms with Gasteiger partial charge in [-0.05, 0) is 15.9 Å². The summed E-state index contributed by atoms with van der Waals surface area (Å²) in [6.07, 6.45) is 1.67. The fourth-order valence-electron chi connectivity index (χ4n) is 1.48. The lowest BCUT2D eigenvalue weighted by atomic mass is 9.96. The molecule has 0 spiro atoms. The molecule has 0 bridgehead atoms. The third-order valence-electron chi connectivity index (χ3n) is 2.44. The number of hydrogen-bond acceptors (Lipinski definition) is 5. The van der Waals surface area contributed by atoms with Crippen molar-refractivity contribution >= 4 is 21.7 Å². The van der Waals surface area contributed by atoms with Crippen molar-refractivity contribution in [1.82, 2.24) is 24.7 Å². The van der Waals surface area contributed by atoms with Crippen LogP contribution in [0.1, 0.15) is 32.4 Å². The molecule has 2 rings (SSSR count). The summed E-state index contributed by atoms with van der Waals surface area (Å²) in [5.74, 6) is 2.28. The van der Waals surface area contributed by atoms with Crippen molar-refractivity contribution in [1.29, 1.82) is 0 Å². The van der Waals surface area contributed by atoms with Gasteiger partial charge in [-0.15, -0.1) is 0 Å². The van der Waals surface area contributed by atoms with Crippen molar-refractivity contribution in [2.75, 3.05) is 5.32 Å². The molecule has 0 atom stereocenters. The fourth-order valence-corrected chi connectivity index (χ4v) is 1.86. The number of halogens is 1. The first-order valence-corrected chi connectivity index (χ1v) is 6.77. The molecule has 0 amide bonds. The Hall–Kier alpha value is -1.50. The monoisotopic (exact) mass is 324 g/mol. The van der Waals surface area contributed by atoms with Crippen LogP contribution in [0.4, 0.5) is 5.82 Å². The molecule has 0 aliphatic carbocycles. The third-order valence-corrected chi connectivity index (χ3v) is 2.85. The molecule has 2 aromatic heterocycles. The number of hydrogen-bond donors (Lipinski definition) is 1. The van der Waals surface area contributed by atoms with Crippen LogP contribution in [0.2, 0.25) is 0 Å². The second kappa shape index (κ2) is 5.24. The van der Waals surface area contributed by atoms with Gasteiger partial charge < -0.3 is 5.32 Å². The molecule has 0 saturated heterocycles. The van der Waals surface area contributed by atoms with E-state index < -0.39 is 0 Å². The smallest absolute Gasteiger partial charge is 0.169 e. The van der Waals surface area contributed by atoms with E-state index in [4.69, 9.17) is 0 Å². The number of nitrogens with one attached hydrogen (secondary N) is 1. The predicted octanol–water partition coefficient (Wildman–Crippen LogP) is 2.28. The number of rotatable bonds is 3. The van der Waals surface area contributed by atoms with Gasteiger partial charge in [-0.1, -0.05) is 20.8 Å². The lowest BCUT2D eigenvalue weighted by Gasteiger charge is -2.17. The molecule has 0 radical (unpaired) electrons. The minimum absolute atomic E-state index is 0.0938. The third kappa shape index (κ3) is 3.73. The Kier molecular flexibility index (Phi) is 3.84. The highest BCUT2D eigenvalue weighted by atomic mass is 79.9. The molecule has 102 valence electrons. The zero-order valence-corrected chi connectivity index (χ0v) is 13.1. The van der Waals surface area contributed by atoms with Gasteiger partial charge in [0.05, 0.1) is 6.54 Å². The highest BCUT2D eigenvalue weighted by molar-refractivity contribution is 9.10. The summed E-state index contributed by atoms with van der Waals surface area (Å²) >= 11 is 3.41. The molecule has 2 aromatic rings. The van der Waals surface area contributed by atoms with E-state index in [-0.39, 0.29) is 5.41 Å². The highest BCUT2D eigenvalue weighted by Gasteiger charge is 2.18. The van der Waals surface area contributed by atoms with Crippen molar-refractivity contribution in [3.05, 3.63) is 28.6 Å². The van der Waals surface area contributed by atoms with Gasteiger partial charge >= 0.3 is 0 Å². The maximum absolute atomic E-state index is 4.51. The first-order valence-electron chi connectivity index (χ1n) is 5.98. The topological polar surface area (TPSA) is 68.5 Å². The molecule has 2 heterocycles. The number of aryl methyl sites for hydroxylation is 1. The maximum atomic E-state index is 4.51. The van der Waals surface area contributed by atoms with Gasteiger partial charge in [0.15, 0.2) is 5.82 Å². The molecule has 6 nitrogen and oxygen atoms in total. The first kappa shape index (κ1) is 13.9. The average molecular weight is 325 g/mol. The summed E-state index contributed by atoms with van der Waals surface area (Å²) in [5.41, 5.74) is -0.0938. The van der Waals surface area contributed by atoms with Crippen LogP contribution >= 0.6 is 15.9 Å². The van der Waals surface area contributed by atoms with E-state index in [0.29, 0.717) is 6.54 Å². The van der Waals surface area contributed by atoms with Gasteiger partial charge in [0.25, 0.3) is 0 Å². The second-order valence-corrected chi connectivity index (χ2v) is 6.15. The lowest BCUT2D eigenvalue weighted by molar-refractivity contribution is 0.544. The molecule has 0 aliphatic rings. The van der Waals surface area contributed by atoms with E-state index in [0.717, 1.165) is 22.1 Å². The van der Waals surface area contributed by atoms with Crippen LogP contribution in [0.15, 0.2) is 17.0 Å². The van der Waals surface area contributed by atoms with E-state index in [1.165, 1.54) is 0 Å². The zero-order valence-electron chi connectivity index (χ0n) is 11.5. The van der Waals surface area contributed by atoms with Crippen LogP contribution in [0.25, 0.3) is 0 Å². The predicted molar refractivity (Wildman–Crippen MR) is 76.8 cm³/mol. The van der Waals surface area contributed by atoms with Crippen molar-refractivity contribution < 1.29 is 0 Å². The Labute approximate surface area is 120 Å². The Morgan fingerprint density at radius 1 is 1.32 bits per heavy atom. The average Bonchev–Trinajstić information content (AvgIpc) is 2.71. The molecule has 7 heteroatoms. The van der Waals surface area contributed by atoms with Crippen LogP contribution in [0.5, 0.6) is 0 Å². The lowest BCUT2D eigenvalue weighted by Crippen LogP contribution is -2.17. The molecule has 0 saturated carbocycles. The largest absolute Gasteiger partial charge is 0.363 e. The highest BCUT2D eigenvalue weighted by Crippen LogP contribution is 2.22. The van der Waals surface area contributed by atoms with Crippen molar-refractivity contribution in [2.24, 2.45) is 7.05 Å². The number of nitrogens with zero attached hydrogens (tertiary/aromatic N) is 5. The summed E-state index contributed by atoms with van der Waals surface area (Å²) < 4.78 is 2.44. The van der Waals surface area contributed by atoms with E-state index in [9.17, 15) is 0 Å². The van der Waals surface area contributed by atoms with Gasteiger partial charge in [0.1, 0.15) is 22.6 Å². The van der Waals surface area contributed by atoms with Crippen LogP contribution in [-0.2, 0) is 19.0 Å². The maximum Gasteiger partial charge on any atom is 0.169 e. The van der Waals surface area contributed by atoms with E-state index >= 15 is 0 Å².